The van der Waals surface area contributed by atoms with E-state index < -0.39 is 16.1 Å². The Morgan fingerprint density at radius 3 is 2.44 bits per heavy atom. The first kappa shape index (κ1) is 13.0. The van der Waals surface area contributed by atoms with Crippen LogP contribution in [0, 0.1) is 0 Å². The topological polar surface area (TPSA) is 63.7 Å². The van der Waals surface area contributed by atoms with Crippen molar-refractivity contribution >= 4 is 22.0 Å². The van der Waals surface area contributed by atoms with E-state index in [4.69, 9.17) is 4.74 Å². The lowest BCUT2D eigenvalue weighted by atomic mass is 10.1. The number of anilines is 1. The third kappa shape index (κ3) is 2.39. The van der Waals surface area contributed by atoms with Gasteiger partial charge in [0.2, 0.25) is 10.0 Å². The highest BCUT2D eigenvalue weighted by Crippen LogP contribution is 2.25. The van der Waals surface area contributed by atoms with Gasteiger partial charge < -0.3 is 9.53 Å². The summed E-state index contributed by atoms with van der Waals surface area (Å²) >= 11 is 0. The number of benzene rings is 1. The number of hydrogen-bond acceptors (Lipinski definition) is 4. The smallest absolute Gasteiger partial charge is 0.235 e. The second-order valence-corrected chi connectivity index (χ2v) is 6.14. The van der Waals surface area contributed by atoms with Crippen molar-refractivity contribution in [3.05, 3.63) is 29.8 Å². The second-order valence-electron chi connectivity index (χ2n) is 4.13. The molecule has 0 spiro atoms. The van der Waals surface area contributed by atoms with Crippen LogP contribution in [-0.2, 0) is 19.6 Å². The van der Waals surface area contributed by atoms with Gasteiger partial charge in [0.05, 0.1) is 11.4 Å². The maximum absolute atomic E-state index is 11.7. The van der Waals surface area contributed by atoms with E-state index in [-0.39, 0.29) is 5.75 Å². The zero-order chi connectivity index (χ0) is 13.2. The van der Waals surface area contributed by atoms with Crippen LogP contribution in [0.1, 0.15) is 18.1 Å². The van der Waals surface area contributed by atoms with E-state index in [0.717, 1.165) is 0 Å². The van der Waals surface area contributed by atoms with E-state index in [1.165, 1.54) is 11.4 Å². The van der Waals surface area contributed by atoms with Crippen molar-refractivity contribution in [2.45, 2.75) is 12.5 Å². The van der Waals surface area contributed by atoms with E-state index in [2.05, 4.69) is 0 Å². The molecule has 0 aliphatic carbocycles. The SMILES string of the molecule is COC(C=O)c1ccc(N2CCCS2(=O)=O)cc1. The van der Waals surface area contributed by atoms with Gasteiger partial charge in [-0.05, 0) is 24.1 Å². The molecule has 1 heterocycles. The van der Waals surface area contributed by atoms with Gasteiger partial charge in [0.15, 0.2) is 6.29 Å². The summed E-state index contributed by atoms with van der Waals surface area (Å²) in [6, 6.07) is 6.83. The van der Waals surface area contributed by atoms with Crippen molar-refractivity contribution in [3.8, 4) is 0 Å². The summed E-state index contributed by atoms with van der Waals surface area (Å²) in [4.78, 5) is 10.7. The molecule has 0 N–H and O–H groups in total. The molecule has 0 saturated carbocycles. The summed E-state index contributed by atoms with van der Waals surface area (Å²) < 4.78 is 29.9. The third-order valence-corrected chi connectivity index (χ3v) is 4.86. The first-order valence-electron chi connectivity index (χ1n) is 5.67. The van der Waals surface area contributed by atoms with Crippen LogP contribution < -0.4 is 4.31 Å². The fraction of sp³-hybridized carbons (Fsp3) is 0.417. The Bertz CT molecular complexity index is 524. The summed E-state index contributed by atoms with van der Waals surface area (Å²) in [5.74, 6) is 0.198. The van der Waals surface area contributed by atoms with Crippen molar-refractivity contribution in [1.82, 2.24) is 0 Å². The summed E-state index contributed by atoms with van der Waals surface area (Å²) in [5.41, 5.74) is 1.35. The molecule has 1 unspecified atom stereocenters. The lowest BCUT2D eigenvalue weighted by Gasteiger charge is -2.17. The number of carbonyl (C=O) groups is 1. The fourth-order valence-electron chi connectivity index (χ4n) is 2.03. The van der Waals surface area contributed by atoms with E-state index in [1.54, 1.807) is 24.3 Å². The molecule has 0 bridgehead atoms. The zero-order valence-electron chi connectivity index (χ0n) is 10.1. The monoisotopic (exact) mass is 269 g/mol. The average Bonchev–Trinajstić information content (AvgIpc) is 2.71. The van der Waals surface area contributed by atoms with Crippen LogP contribution in [0.4, 0.5) is 5.69 Å². The molecular formula is C12H15NO4S. The lowest BCUT2D eigenvalue weighted by molar-refractivity contribution is -0.116. The highest BCUT2D eigenvalue weighted by atomic mass is 32.2. The zero-order valence-corrected chi connectivity index (χ0v) is 10.9. The molecule has 98 valence electrons. The largest absolute Gasteiger partial charge is 0.369 e. The highest BCUT2D eigenvalue weighted by molar-refractivity contribution is 7.93. The normalized spacial score (nSPS) is 19.7. The van der Waals surface area contributed by atoms with Crippen molar-refractivity contribution in [1.29, 1.82) is 0 Å². The Morgan fingerprint density at radius 2 is 2.00 bits per heavy atom. The number of nitrogens with zero attached hydrogens (tertiary/aromatic N) is 1. The summed E-state index contributed by atoms with van der Waals surface area (Å²) in [6.45, 7) is 0.517. The highest BCUT2D eigenvalue weighted by Gasteiger charge is 2.28. The molecule has 0 aromatic heterocycles. The number of methoxy groups -OCH3 is 1. The number of rotatable bonds is 4. The van der Waals surface area contributed by atoms with Gasteiger partial charge >= 0.3 is 0 Å². The second kappa shape index (κ2) is 5.07. The Labute approximate surface area is 106 Å². The first-order chi connectivity index (χ1) is 8.58. The molecular weight excluding hydrogens is 254 g/mol. The number of aldehydes is 1. The van der Waals surface area contributed by atoms with Crippen LogP contribution in [0.3, 0.4) is 0 Å². The molecule has 0 amide bonds. The summed E-state index contributed by atoms with van der Waals surface area (Å²) in [5, 5.41) is 0. The summed E-state index contributed by atoms with van der Waals surface area (Å²) in [7, 11) is -1.70. The lowest BCUT2D eigenvalue weighted by Crippen LogP contribution is -2.25. The van der Waals surface area contributed by atoms with E-state index >= 15 is 0 Å². The minimum atomic E-state index is -3.15. The number of sulfonamides is 1. The molecule has 1 saturated heterocycles. The van der Waals surface area contributed by atoms with Crippen molar-refractivity contribution < 1.29 is 17.9 Å². The Hall–Kier alpha value is -1.40. The first-order valence-corrected chi connectivity index (χ1v) is 7.28. The van der Waals surface area contributed by atoms with Gasteiger partial charge in [-0.15, -0.1) is 0 Å². The van der Waals surface area contributed by atoms with Gasteiger partial charge in [-0.1, -0.05) is 12.1 Å². The van der Waals surface area contributed by atoms with Crippen LogP contribution in [0.25, 0.3) is 0 Å². The predicted molar refractivity (Wildman–Crippen MR) is 68.0 cm³/mol. The van der Waals surface area contributed by atoms with E-state index in [1.807, 2.05) is 0 Å². The van der Waals surface area contributed by atoms with Crippen LogP contribution in [0.5, 0.6) is 0 Å². The van der Waals surface area contributed by atoms with Gasteiger partial charge in [0.25, 0.3) is 0 Å². The maximum Gasteiger partial charge on any atom is 0.235 e. The minimum Gasteiger partial charge on any atom is -0.369 e. The summed E-state index contributed by atoms with van der Waals surface area (Å²) in [6.07, 6.45) is 0.759. The van der Waals surface area contributed by atoms with Crippen molar-refractivity contribution in [2.75, 3.05) is 23.7 Å². The van der Waals surface area contributed by atoms with Gasteiger partial charge in [0.1, 0.15) is 6.10 Å². The van der Waals surface area contributed by atoms with Gasteiger partial charge in [-0.2, -0.15) is 0 Å². The molecule has 6 heteroatoms. The molecule has 0 radical (unpaired) electrons. The molecule has 18 heavy (non-hydrogen) atoms. The van der Waals surface area contributed by atoms with Crippen LogP contribution in [-0.4, -0.2) is 34.1 Å². The van der Waals surface area contributed by atoms with Gasteiger partial charge in [-0.3, -0.25) is 4.31 Å². The van der Waals surface area contributed by atoms with Crippen LogP contribution >= 0.6 is 0 Å². The maximum atomic E-state index is 11.7. The molecule has 1 fully saturated rings. The number of ether oxygens (including phenoxy) is 1. The van der Waals surface area contributed by atoms with E-state index in [9.17, 15) is 13.2 Å². The fourth-order valence-corrected chi connectivity index (χ4v) is 3.59. The average molecular weight is 269 g/mol. The number of carbonyl (C=O) groups excluding carboxylic acids is 1. The Morgan fingerprint density at radius 1 is 1.33 bits per heavy atom. The van der Waals surface area contributed by atoms with Crippen LogP contribution in [0.15, 0.2) is 24.3 Å². The quantitative estimate of drug-likeness (QED) is 0.768. The van der Waals surface area contributed by atoms with Gasteiger partial charge in [0, 0.05) is 13.7 Å². The standard InChI is InChI=1S/C12H15NO4S/c1-17-12(9-14)10-3-5-11(6-4-10)13-7-2-8-18(13,15)16/h3-6,9,12H,2,7-8H2,1H3. The molecule has 1 aromatic rings. The molecule has 1 aliphatic heterocycles. The molecule has 1 aliphatic rings. The van der Waals surface area contributed by atoms with Gasteiger partial charge in [-0.25, -0.2) is 8.42 Å². The Kier molecular flexibility index (Phi) is 3.68. The molecule has 2 rings (SSSR count). The molecule has 1 atom stereocenters. The van der Waals surface area contributed by atoms with Crippen molar-refractivity contribution in [2.24, 2.45) is 0 Å². The number of hydrogen-bond donors (Lipinski definition) is 0. The van der Waals surface area contributed by atoms with Crippen molar-refractivity contribution in [3.63, 3.8) is 0 Å². The molecule has 5 nitrogen and oxygen atoms in total. The third-order valence-electron chi connectivity index (χ3n) is 2.99. The van der Waals surface area contributed by atoms with E-state index in [0.29, 0.717) is 30.5 Å². The van der Waals surface area contributed by atoms with Crippen LogP contribution in [0.2, 0.25) is 0 Å². The molecule has 1 aromatic carbocycles. The minimum absolute atomic E-state index is 0.198. The Balaban J connectivity index is 2.25. The predicted octanol–water partition coefficient (Wildman–Crippen LogP) is 1.11.